The van der Waals surface area contributed by atoms with Crippen LogP contribution in [0.25, 0.3) is 6.08 Å². The molecule has 0 aliphatic carbocycles. The van der Waals surface area contributed by atoms with Gasteiger partial charge in [-0.3, -0.25) is 10.2 Å². The normalized spacial score (nSPS) is 17.0. The molecule has 0 fully saturated rings. The molecule has 1 amide bonds. The zero-order valence-corrected chi connectivity index (χ0v) is 21.7. The Balaban J connectivity index is 1.38. The fourth-order valence-corrected chi connectivity index (χ4v) is 4.50. The van der Waals surface area contributed by atoms with Gasteiger partial charge in [-0.2, -0.15) is 15.1 Å². The number of methoxy groups -OCH3 is 1. The highest BCUT2D eigenvalue weighted by molar-refractivity contribution is 8.26. The first-order valence-corrected chi connectivity index (χ1v) is 12.8. The van der Waals surface area contributed by atoms with Crippen molar-refractivity contribution in [1.82, 2.24) is 5.01 Å². The number of hydrogen-bond acceptors (Lipinski definition) is 7. The lowest BCUT2D eigenvalue weighted by Gasteiger charge is -2.20. The fraction of sp³-hybridized carbons (Fsp3) is 0.333. The molecule has 0 bridgehead atoms. The highest BCUT2D eigenvalue weighted by Gasteiger charge is 2.35. The number of hydrogen-bond donors (Lipinski definition) is 1. The van der Waals surface area contributed by atoms with Crippen LogP contribution >= 0.6 is 11.8 Å². The number of fused-ring (bicyclic) bond motifs is 1. The number of carbonyl (C=O) groups is 1. The van der Waals surface area contributed by atoms with E-state index in [1.807, 2.05) is 19.1 Å². The average Bonchev–Trinajstić information content (AvgIpc) is 3.32. The highest BCUT2D eigenvalue weighted by atomic mass is 32.2. The number of ether oxygens (including phenoxy) is 3. The molecule has 188 valence electrons. The van der Waals surface area contributed by atoms with Gasteiger partial charge in [-0.05, 0) is 72.0 Å². The molecular weight excluding hydrogens is 476 g/mol. The number of thioether (sulfide) groups is 1. The Labute approximate surface area is 215 Å². The number of amides is 1. The lowest BCUT2D eigenvalue weighted by Crippen LogP contribution is -2.35. The molecule has 2 aliphatic rings. The number of nitrogens with one attached hydrogen (secondary N) is 1. The Morgan fingerprint density at radius 1 is 1.08 bits per heavy atom. The number of benzene rings is 2. The van der Waals surface area contributed by atoms with E-state index in [1.54, 1.807) is 31.4 Å². The molecule has 1 atom stereocenters. The Kier molecular flexibility index (Phi) is 8.10. The van der Waals surface area contributed by atoms with E-state index in [2.05, 4.69) is 36.1 Å². The van der Waals surface area contributed by atoms with Crippen molar-refractivity contribution in [2.45, 2.75) is 39.5 Å². The van der Waals surface area contributed by atoms with Gasteiger partial charge < -0.3 is 14.2 Å². The van der Waals surface area contributed by atoms with E-state index >= 15 is 0 Å². The standard InChI is InChI=1S/C27H30N4O4S/c1-5-17(3)19-8-10-20(11-9-19)34-13-14-35-22-12-7-18(16-23(22)33-4)15-21-25(28)31-27(29-26(21)32)36-24(6-2)30-31/h7-12,15-17,28H,5-6,13-14H2,1-4H3/b21-15-,28-25?/t17-/m1/s1. The van der Waals surface area contributed by atoms with Crippen LogP contribution in [0.3, 0.4) is 0 Å². The number of rotatable bonds is 10. The number of aliphatic imine (C=N–C) groups is 1. The van der Waals surface area contributed by atoms with Gasteiger partial charge in [0.25, 0.3) is 5.91 Å². The molecule has 0 saturated heterocycles. The second-order valence-electron chi connectivity index (χ2n) is 8.35. The van der Waals surface area contributed by atoms with Crippen molar-refractivity contribution < 1.29 is 19.0 Å². The number of carbonyl (C=O) groups excluding carboxylic acids is 1. The SMILES string of the molecule is CCC1=NN2C(=N)/C(=C/c3ccc(OCCOc4ccc([C@H](C)CC)cc4)c(OC)c3)C(=O)N=C2S1. The molecule has 0 unspecified atom stereocenters. The molecule has 0 radical (unpaired) electrons. The zero-order valence-electron chi connectivity index (χ0n) is 20.9. The summed E-state index contributed by atoms with van der Waals surface area (Å²) in [6.45, 7) is 7.09. The van der Waals surface area contributed by atoms with Crippen LogP contribution in [-0.4, -0.2) is 47.3 Å². The summed E-state index contributed by atoms with van der Waals surface area (Å²) in [7, 11) is 1.56. The van der Waals surface area contributed by atoms with Gasteiger partial charge >= 0.3 is 0 Å². The van der Waals surface area contributed by atoms with E-state index in [0.717, 1.165) is 23.6 Å². The molecule has 4 rings (SSSR count). The van der Waals surface area contributed by atoms with Crippen LogP contribution in [0, 0.1) is 5.41 Å². The summed E-state index contributed by atoms with van der Waals surface area (Å²) in [6, 6.07) is 13.5. The van der Waals surface area contributed by atoms with Crippen LogP contribution in [0.15, 0.2) is 58.1 Å². The first-order chi connectivity index (χ1) is 17.4. The third kappa shape index (κ3) is 5.62. The van der Waals surface area contributed by atoms with Gasteiger partial charge in [-0.15, -0.1) is 0 Å². The van der Waals surface area contributed by atoms with Crippen molar-refractivity contribution in [1.29, 1.82) is 5.41 Å². The summed E-state index contributed by atoms with van der Waals surface area (Å²) in [6.07, 6.45) is 3.44. The van der Waals surface area contributed by atoms with Crippen LogP contribution in [0.2, 0.25) is 0 Å². The number of hydrazone groups is 1. The first kappa shape index (κ1) is 25.5. The van der Waals surface area contributed by atoms with Crippen LogP contribution in [-0.2, 0) is 4.79 Å². The highest BCUT2D eigenvalue weighted by Crippen LogP contribution is 2.32. The van der Waals surface area contributed by atoms with E-state index in [0.29, 0.717) is 41.4 Å². The summed E-state index contributed by atoms with van der Waals surface area (Å²) in [5, 5.41) is 15.5. The van der Waals surface area contributed by atoms with Gasteiger partial charge in [-0.25, -0.2) is 0 Å². The average molecular weight is 507 g/mol. The van der Waals surface area contributed by atoms with Crippen molar-refractivity contribution in [3.05, 3.63) is 59.2 Å². The topological polar surface area (TPSA) is 96.6 Å². The molecule has 0 aromatic heterocycles. The molecule has 8 nitrogen and oxygen atoms in total. The van der Waals surface area contributed by atoms with E-state index in [1.165, 1.54) is 22.3 Å². The summed E-state index contributed by atoms with van der Waals surface area (Å²) in [4.78, 5) is 16.7. The second-order valence-corrected chi connectivity index (χ2v) is 9.39. The van der Waals surface area contributed by atoms with Gasteiger partial charge in [0.15, 0.2) is 17.3 Å². The Bertz CT molecular complexity index is 1240. The smallest absolute Gasteiger partial charge is 0.283 e. The minimum atomic E-state index is -0.458. The van der Waals surface area contributed by atoms with Gasteiger partial charge in [0.2, 0.25) is 5.17 Å². The maximum Gasteiger partial charge on any atom is 0.283 e. The summed E-state index contributed by atoms with van der Waals surface area (Å²) in [5.74, 6) is 1.96. The molecule has 2 aliphatic heterocycles. The predicted molar refractivity (Wildman–Crippen MR) is 144 cm³/mol. The molecular formula is C27H30N4O4S. The quantitative estimate of drug-likeness (QED) is 0.328. The molecule has 2 aromatic carbocycles. The summed E-state index contributed by atoms with van der Waals surface area (Å²) in [5.41, 5.74) is 2.16. The van der Waals surface area contributed by atoms with Crippen LogP contribution in [0.4, 0.5) is 0 Å². The number of amidine groups is 2. The fourth-order valence-electron chi connectivity index (χ4n) is 3.67. The van der Waals surface area contributed by atoms with Crippen LogP contribution < -0.4 is 14.2 Å². The van der Waals surface area contributed by atoms with Gasteiger partial charge in [0, 0.05) is 0 Å². The lowest BCUT2D eigenvalue weighted by molar-refractivity contribution is -0.114. The van der Waals surface area contributed by atoms with E-state index in [4.69, 9.17) is 19.6 Å². The Morgan fingerprint density at radius 3 is 2.53 bits per heavy atom. The van der Waals surface area contributed by atoms with Crippen LogP contribution in [0.1, 0.15) is 50.7 Å². The van der Waals surface area contributed by atoms with E-state index in [9.17, 15) is 4.79 Å². The minimum absolute atomic E-state index is 0.00887. The molecule has 2 aromatic rings. The molecule has 0 saturated carbocycles. The molecule has 1 N–H and O–H groups in total. The predicted octanol–water partition coefficient (Wildman–Crippen LogP) is 5.70. The summed E-state index contributed by atoms with van der Waals surface area (Å²) < 4.78 is 17.2. The van der Waals surface area contributed by atoms with Crippen molar-refractivity contribution in [2.75, 3.05) is 20.3 Å². The maximum atomic E-state index is 12.6. The zero-order chi connectivity index (χ0) is 25.7. The Hall–Kier alpha value is -3.59. The molecule has 9 heteroatoms. The molecule has 2 heterocycles. The third-order valence-electron chi connectivity index (χ3n) is 5.97. The van der Waals surface area contributed by atoms with E-state index in [-0.39, 0.29) is 11.4 Å². The first-order valence-electron chi connectivity index (χ1n) is 12.0. The van der Waals surface area contributed by atoms with Gasteiger partial charge in [-0.1, -0.05) is 39.0 Å². The number of nitrogens with zero attached hydrogens (tertiary/aromatic N) is 3. The minimum Gasteiger partial charge on any atom is -0.493 e. The Morgan fingerprint density at radius 2 is 1.83 bits per heavy atom. The lowest BCUT2D eigenvalue weighted by atomic mass is 9.99. The van der Waals surface area contributed by atoms with Gasteiger partial charge in [0.05, 0.1) is 12.7 Å². The van der Waals surface area contributed by atoms with E-state index < -0.39 is 5.91 Å². The monoisotopic (exact) mass is 506 g/mol. The maximum absolute atomic E-state index is 12.6. The third-order valence-corrected chi connectivity index (χ3v) is 7.02. The van der Waals surface area contributed by atoms with Gasteiger partial charge in [0.1, 0.15) is 24.0 Å². The van der Waals surface area contributed by atoms with Crippen molar-refractivity contribution in [3.63, 3.8) is 0 Å². The summed E-state index contributed by atoms with van der Waals surface area (Å²) >= 11 is 1.32. The molecule has 0 spiro atoms. The van der Waals surface area contributed by atoms with Crippen molar-refractivity contribution in [2.24, 2.45) is 10.1 Å². The second kappa shape index (κ2) is 11.4. The largest absolute Gasteiger partial charge is 0.493 e. The molecule has 36 heavy (non-hydrogen) atoms. The van der Waals surface area contributed by atoms with Crippen molar-refractivity contribution >= 4 is 39.8 Å². The van der Waals surface area contributed by atoms with Crippen LogP contribution in [0.5, 0.6) is 17.2 Å². The van der Waals surface area contributed by atoms with Crippen molar-refractivity contribution in [3.8, 4) is 17.2 Å².